The Morgan fingerprint density at radius 1 is 1.50 bits per heavy atom. The van der Waals surface area contributed by atoms with E-state index in [1.165, 1.54) is 11.8 Å². The summed E-state index contributed by atoms with van der Waals surface area (Å²) in [5, 5.41) is 8.50. The van der Waals surface area contributed by atoms with Gasteiger partial charge in [-0.1, -0.05) is 0 Å². The normalized spacial score (nSPS) is 10.8. The van der Waals surface area contributed by atoms with Crippen molar-refractivity contribution < 1.29 is 9.90 Å². The average molecular weight is 237 g/mol. The van der Waals surface area contributed by atoms with Crippen molar-refractivity contribution in [2.24, 2.45) is 0 Å². The fourth-order valence-electron chi connectivity index (χ4n) is 1.34. The lowest BCUT2D eigenvalue weighted by Crippen LogP contribution is -1.98. The maximum atomic E-state index is 10.3. The van der Waals surface area contributed by atoms with Crippen LogP contribution in [0.2, 0.25) is 0 Å². The molecule has 0 radical (unpaired) electrons. The molecule has 5 nitrogen and oxygen atoms in total. The lowest BCUT2D eigenvalue weighted by Gasteiger charge is -1.92. The second-order valence-corrected chi connectivity index (χ2v) is 4.38. The van der Waals surface area contributed by atoms with Crippen LogP contribution >= 0.6 is 11.8 Å². The van der Waals surface area contributed by atoms with Crippen LogP contribution in [-0.4, -0.2) is 31.8 Å². The fourth-order valence-corrected chi connectivity index (χ4v) is 1.95. The van der Waals surface area contributed by atoms with E-state index in [4.69, 9.17) is 5.11 Å². The van der Waals surface area contributed by atoms with Crippen molar-refractivity contribution >= 4 is 28.9 Å². The van der Waals surface area contributed by atoms with Gasteiger partial charge in [0.1, 0.15) is 5.82 Å². The van der Waals surface area contributed by atoms with Gasteiger partial charge in [0.25, 0.3) is 0 Å². The smallest absolute Gasteiger partial charge is 0.313 e. The van der Waals surface area contributed by atoms with Gasteiger partial charge in [-0.2, -0.15) is 0 Å². The maximum absolute atomic E-state index is 10.3. The summed E-state index contributed by atoms with van der Waals surface area (Å²) in [5.74, 6) is 0.597. The molecule has 0 aromatic carbocycles. The number of carboxylic acids is 1. The molecule has 16 heavy (non-hydrogen) atoms. The molecule has 0 atom stereocenters. The Bertz CT molecular complexity index is 524. The van der Waals surface area contributed by atoms with E-state index in [-0.39, 0.29) is 5.75 Å². The number of pyridine rings is 1. The van der Waals surface area contributed by atoms with Crippen LogP contribution in [0.4, 0.5) is 0 Å². The number of aromatic amines is 1. The van der Waals surface area contributed by atoms with Crippen LogP contribution in [0, 0.1) is 6.92 Å². The van der Waals surface area contributed by atoms with Gasteiger partial charge in [-0.05, 0) is 19.1 Å². The third-order valence-electron chi connectivity index (χ3n) is 2.00. The van der Waals surface area contributed by atoms with Crippen LogP contribution in [0.1, 0.15) is 11.5 Å². The molecule has 0 aliphatic rings. The predicted molar refractivity (Wildman–Crippen MR) is 62.4 cm³/mol. The molecule has 0 bridgehead atoms. The number of aliphatic carboxylic acids is 1. The summed E-state index contributed by atoms with van der Waals surface area (Å²) in [7, 11) is 0. The number of carbonyl (C=O) groups is 1. The zero-order chi connectivity index (χ0) is 11.5. The summed E-state index contributed by atoms with van der Waals surface area (Å²) >= 11 is 1.31. The number of nitrogens with zero attached hydrogens (tertiary/aromatic N) is 2. The minimum absolute atomic E-state index is 0.0868. The highest BCUT2D eigenvalue weighted by molar-refractivity contribution is 7.99. The molecule has 0 aliphatic carbocycles. The number of aryl methyl sites for hydroxylation is 1. The molecular formula is C10H11N3O2S. The summed E-state index contributed by atoms with van der Waals surface area (Å²) in [5.41, 5.74) is 2.49. The van der Waals surface area contributed by atoms with Crippen LogP contribution < -0.4 is 0 Å². The molecule has 2 heterocycles. The number of rotatable bonds is 4. The number of aromatic nitrogens is 3. The third-order valence-corrected chi connectivity index (χ3v) is 2.93. The third kappa shape index (κ3) is 2.52. The first kappa shape index (κ1) is 10.9. The molecule has 6 heteroatoms. The summed E-state index contributed by atoms with van der Waals surface area (Å²) in [6, 6.07) is 3.84. The van der Waals surface area contributed by atoms with Crippen molar-refractivity contribution in [2.45, 2.75) is 12.7 Å². The maximum Gasteiger partial charge on any atom is 0.313 e. The van der Waals surface area contributed by atoms with Crippen LogP contribution in [0.5, 0.6) is 0 Å². The van der Waals surface area contributed by atoms with Gasteiger partial charge in [0, 0.05) is 5.69 Å². The van der Waals surface area contributed by atoms with Gasteiger partial charge in [0.2, 0.25) is 0 Å². The highest BCUT2D eigenvalue weighted by Crippen LogP contribution is 2.14. The first-order valence-corrected chi connectivity index (χ1v) is 5.92. The van der Waals surface area contributed by atoms with Crippen LogP contribution in [-0.2, 0) is 10.5 Å². The zero-order valence-electron chi connectivity index (χ0n) is 8.73. The van der Waals surface area contributed by atoms with Crippen molar-refractivity contribution in [1.29, 1.82) is 0 Å². The number of hydrogen-bond donors (Lipinski definition) is 2. The van der Waals surface area contributed by atoms with Gasteiger partial charge in [0.15, 0.2) is 5.65 Å². The minimum Gasteiger partial charge on any atom is -0.481 e. The Kier molecular flexibility index (Phi) is 3.09. The molecule has 0 saturated heterocycles. The Morgan fingerprint density at radius 3 is 3.06 bits per heavy atom. The SMILES string of the molecule is Cc1ccc2[nH]c(CSCC(=O)O)nc2n1. The highest BCUT2D eigenvalue weighted by atomic mass is 32.2. The molecule has 2 rings (SSSR count). The first-order chi connectivity index (χ1) is 7.65. The van der Waals surface area contributed by atoms with E-state index in [9.17, 15) is 4.79 Å². The van der Waals surface area contributed by atoms with E-state index in [0.29, 0.717) is 11.4 Å². The number of hydrogen-bond acceptors (Lipinski definition) is 4. The second kappa shape index (κ2) is 4.52. The van der Waals surface area contributed by atoms with E-state index in [1.54, 1.807) is 0 Å². The van der Waals surface area contributed by atoms with Crippen molar-refractivity contribution in [3.63, 3.8) is 0 Å². The molecule has 2 aromatic heterocycles. The van der Waals surface area contributed by atoms with Crippen molar-refractivity contribution in [3.05, 3.63) is 23.7 Å². The topological polar surface area (TPSA) is 78.9 Å². The van der Waals surface area contributed by atoms with Gasteiger partial charge in [-0.15, -0.1) is 11.8 Å². The van der Waals surface area contributed by atoms with Crippen molar-refractivity contribution in [2.75, 3.05) is 5.75 Å². The van der Waals surface area contributed by atoms with Gasteiger partial charge in [-0.25, -0.2) is 9.97 Å². The van der Waals surface area contributed by atoms with Gasteiger partial charge >= 0.3 is 5.97 Å². The van der Waals surface area contributed by atoms with E-state index < -0.39 is 5.97 Å². The van der Waals surface area contributed by atoms with E-state index in [1.807, 2.05) is 19.1 Å². The predicted octanol–water partition coefficient (Wildman–Crippen LogP) is 1.58. The van der Waals surface area contributed by atoms with Crippen LogP contribution in [0.15, 0.2) is 12.1 Å². The standard InChI is InChI=1S/C10H11N3O2S/c1-6-2-3-7-10(11-6)13-8(12-7)4-16-5-9(14)15/h2-3H,4-5H2,1H3,(H,14,15)(H,11,12,13). The summed E-state index contributed by atoms with van der Waals surface area (Å²) in [6.07, 6.45) is 0. The van der Waals surface area contributed by atoms with E-state index in [0.717, 1.165) is 17.0 Å². The van der Waals surface area contributed by atoms with Crippen molar-refractivity contribution in [3.8, 4) is 0 Å². The molecule has 0 unspecified atom stereocenters. The van der Waals surface area contributed by atoms with Gasteiger partial charge in [0.05, 0.1) is 17.0 Å². The molecule has 2 aromatic rings. The number of carboxylic acid groups (broad SMARTS) is 1. The molecule has 0 saturated carbocycles. The minimum atomic E-state index is -0.810. The molecular weight excluding hydrogens is 226 g/mol. The zero-order valence-corrected chi connectivity index (χ0v) is 9.54. The highest BCUT2D eigenvalue weighted by Gasteiger charge is 2.05. The lowest BCUT2D eigenvalue weighted by molar-refractivity contribution is -0.133. The summed E-state index contributed by atoms with van der Waals surface area (Å²) in [4.78, 5) is 22.0. The Hall–Kier alpha value is -1.56. The Morgan fingerprint density at radius 2 is 2.31 bits per heavy atom. The number of imidazole rings is 1. The molecule has 0 amide bonds. The number of fused-ring (bicyclic) bond motifs is 1. The van der Waals surface area contributed by atoms with Gasteiger partial charge < -0.3 is 10.1 Å². The molecule has 84 valence electrons. The lowest BCUT2D eigenvalue weighted by atomic mass is 10.4. The molecule has 2 N–H and O–H groups in total. The fraction of sp³-hybridized carbons (Fsp3) is 0.300. The van der Waals surface area contributed by atoms with E-state index in [2.05, 4.69) is 15.0 Å². The van der Waals surface area contributed by atoms with Crippen molar-refractivity contribution in [1.82, 2.24) is 15.0 Å². The number of H-pyrrole nitrogens is 1. The van der Waals surface area contributed by atoms with Crippen LogP contribution in [0.25, 0.3) is 11.2 Å². The van der Waals surface area contributed by atoms with Gasteiger partial charge in [-0.3, -0.25) is 4.79 Å². The quantitative estimate of drug-likeness (QED) is 0.844. The molecule has 0 aliphatic heterocycles. The Labute approximate surface area is 96.3 Å². The molecule has 0 spiro atoms. The monoisotopic (exact) mass is 237 g/mol. The number of nitrogens with one attached hydrogen (secondary N) is 1. The van der Waals surface area contributed by atoms with Crippen LogP contribution in [0.3, 0.4) is 0 Å². The Balaban J connectivity index is 2.10. The largest absolute Gasteiger partial charge is 0.481 e. The molecule has 0 fully saturated rings. The summed E-state index contributed by atoms with van der Waals surface area (Å²) in [6.45, 7) is 1.91. The van der Waals surface area contributed by atoms with E-state index >= 15 is 0 Å². The summed E-state index contributed by atoms with van der Waals surface area (Å²) < 4.78 is 0. The first-order valence-electron chi connectivity index (χ1n) is 4.77. The second-order valence-electron chi connectivity index (χ2n) is 3.39. The number of thioether (sulfide) groups is 1. The average Bonchev–Trinajstić information content (AvgIpc) is 2.58.